The van der Waals surface area contributed by atoms with Crippen molar-refractivity contribution in [2.45, 2.75) is 69.8 Å². The van der Waals surface area contributed by atoms with Crippen LogP contribution in [-0.4, -0.2) is 55.0 Å². The Morgan fingerprint density at radius 1 is 0.800 bits per heavy atom. The predicted octanol–water partition coefficient (Wildman–Crippen LogP) is 4.73. The summed E-state index contributed by atoms with van der Waals surface area (Å²) in [4.78, 5) is 24.4. The maximum absolute atomic E-state index is 12.3. The van der Waals surface area contributed by atoms with Crippen LogP contribution < -0.4 is 0 Å². The van der Waals surface area contributed by atoms with Crippen molar-refractivity contribution in [1.29, 1.82) is 0 Å². The molecule has 5 atom stereocenters. The number of ether oxygens (including phenoxy) is 6. The highest BCUT2D eigenvalue weighted by Crippen LogP contribution is 2.43. The third kappa shape index (κ3) is 5.67. The van der Waals surface area contributed by atoms with Crippen LogP contribution in [0.25, 0.3) is 0 Å². The van der Waals surface area contributed by atoms with E-state index in [-0.39, 0.29) is 6.61 Å². The summed E-state index contributed by atoms with van der Waals surface area (Å²) in [5, 5.41) is 0. The van der Waals surface area contributed by atoms with E-state index in [1.54, 1.807) is 13.8 Å². The van der Waals surface area contributed by atoms with Crippen LogP contribution in [0.1, 0.15) is 44.4 Å². The molecule has 0 unspecified atom stereocenters. The second-order valence-corrected chi connectivity index (χ2v) is 10.4. The molecule has 2 aliphatic rings. The van der Waals surface area contributed by atoms with Gasteiger partial charge in [-0.1, -0.05) is 91.0 Å². The molecule has 0 amide bonds. The van der Waals surface area contributed by atoms with Gasteiger partial charge in [0.05, 0.1) is 6.61 Å². The van der Waals surface area contributed by atoms with E-state index >= 15 is 0 Å². The second-order valence-electron chi connectivity index (χ2n) is 10.4. The van der Waals surface area contributed by atoms with Gasteiger partial charge in [-0.2, -0.15) is 0 Å². The van der Waals surface area contributed by atoms with Gasteiger partial charge in [0.15, 0.2) is 30.4 Å². The SMILES string of the molecule is CC(=O)O[C@@H]1[C@H]2OC(C)(C)O[C@H]2O[C@@H]1[C@H](COC(c1ccccc1)(c1ccccc1)c1ccccc1)OC(C)=O. The molecule has 0 bridgehead atoms. The molecule has 8 heteroatoms. The standard InChI is InChI=1S/C32H34O8/c1-21(33)36-26(27-28(37-22(2)34)29-30(38-27)40-31(3,4)39-29)20-35-32(23-14-8-5-9-15-23,24-16-10-6-11-17-24)25-18-12-7-13-19-25/h5-19,26-30H,20H2,1-4H3/t26-,27+,28-,29+,30+/m0/s1. The van der Waals surface area contributed by atoms with E-state index in [1.807, 2.05) is 91.0 Å². The van der Waals surface area contributed by atoms with Crippen molar-refractivity contribution in [3.8, 4) is 0 Å². The minimum absolute atomic E-state index is 0.0798. The van der Waals surface area contributed by atoms with Crippen molar-refractivity contribution in [3.63, 3.8) is 0 Å². The first kappa shape index (κ1) is 28.0. The van der Waals surface area contributed by atoms with Crippen LogP contribution in [0, 0.1) is 0 Å². The van der Waals surface area contributed by atoms with Crippen LogP contribution in [0.5, 0.6) is 0 Å². The largest absolute Gasteiger partial charge is 0.457 e. The summed E-state index contributed by atoms with van der Waals surface area (Å²) in [6.07, 6.45) is -4.21. The summed E-state index contributed by atoms with van der Waals surface area (Å²) >= 11 is 0. The zero-order chi connectivity index (χ0) is 28.3. The zero-order valence-corrected chi connectivity index (χ0v) is 23.0. The molecule has 5 rings (SSSR count). The quantitative estimate of drug-likeness (QED) is 0.281. The van der Waals surface area contributed by atoms with E-state index in [0.717, 1.165) is 16.7 Å². The Balaban J connectivity index is 1.55. The van der Waals surface area contributed by atoms with Gasteiger partial charge in [-0.25, -0.2) is 0 Å². The third-order valence-corrected chi connectivity index (χ3v) is 7.02. The monoisotopic (exact) mass is 546 g/mol. The van der Waals surface area contributed by atoms with Gasteiger partial charge < -0.3 is 28.4 Å². The zero-order valence-electron chi connectivity index (χ0n) is 23.0. The summed E-state index contributed by atoms with van der Waals surface area (Å²) in [6, 6.07) is 29.6. The lowest BCUT2D eigenvalue weighted by molar-refractivity contribution is -0.236. The molecule has 0 N–H and O–H groups in total. The number of hydrogen-bond donors (Lipinski definition) is 0. The molecular formula is C32H34O8. The van der Waals surface area contributed by atoms with E-state index in [4.69, 9.17) is 28.4 Å². The molecule has 2 aliphatic heterocycles. The van der Waals surface area contributed by atoms with Crippen LogP contribution in [0.3, 0.4) is 0 Å². The lowest BCUT2D eigenvalue weighted by Crippen LogP contribution is -2.48. The number of fused-ring (bicyclic) bond motifs is 1. The Morgan fingerprint density at radius 2 is 1.30 bits per heavy atom. The minimum atomic E-state index is -1.05. The van der Waals surface area contributed by atoms with Gasteiger partial charge in [0.2, 0.25) is 0 Å². The molecule has 0 spiro atoms. The molecular weight excluding hydrogens is 512 g/mol. The fraction of sp³-hybridized carbons (Fsp3) is 0.375. The normalized spacial score (nSPS) is 24.2. The molecule has 2 fully saturated rings. The van der Waals surface area contributed by atoms with Crippen molar-refractivity contribution in [3.05, 3.63) is 108 Å². The second kappa shape index (κ2) is 11.5. The first-order valence-electron chi connectivity index (χ1n) is 13.4. The van der Waals surface area contributed by atoms with E-state index in [0.29, 0.717) is 0 Å². The molecule has 0 saturated carbocycles. The molecule has 0 aromatic heterocycles. The highest BCUT2D eigenvalue weighted by molar-refractivity contribution is 5.67. The summed E-state index contributed by atoms with van der Waals surface area (Å²) in [6.45, 7) is 6.07. The number of rotatable bonds is 9. The maximum atomic E-state index is 12.3. The Morgan fingerprint density at radius 3 is 1.75 bits per heavy atom. The molecule has 2 saturated heterocycles. The summed E-state index contributed by atoms with van der Waals surface area (Å²) < 4.78 is 36.5. The fourth-order valence-corrected chi connectivity index (χ4v) is 5.51. The van der Waals surface area contributed by atoms with Crippen LogP contribution >= 0.6 is 0 Å². The summed E-state index contributed by atoms with van der Waals surface area (Å²) in [7, 11) is 0. The molecule has 0 radical (unpaired) electrons. The molecule has 210 valence electrons. The van der Waals surface area contributed by atoms with Crippen LogP contribution in [0.2, 0.25) is 0 Å². The smallest absolute Gasteiger partial charge is 0.303 e. The Hall–Kier alpha value is -3.56. The van der Waals surface area contributed by atoms with Crippen molar-refractivity contribution in [2.24, 2.45) is 0 Å². The number of benzene rings is 3. The highest BCUT2D eigenvalue weighted by Gasteiger charge is 2.59. The van der Waals surface area contributed by atoms with Gasteiger partial charge in [0.25, 0.3) is 0 Å². The summed E-state index contributed by atoms with van der Waals surface area (Å²) in [5.74, 6) is -1.96. The van der Waals surface area contributed by atoms with Crippen molar-refractivity contribution < 1.29 is 38.0 Å². The van der Waals surface area contributed by atoms with Gasteiger partial charge in [-0.3, -0.25) is 9.59 Å². The van der Waals surface area contributed by atoms with Crippen molar-refractivity contribution in [1.82, 2.24) is 0 Å². The molecule has 3 aromatic rings. The Bertz CT molecular complexity index is 1200. The average Bonchev–Trinajstić information content (AvgIpc) is 3.41. The number of carbonyl (C=O) groups excluding carboxylic acids is 2. The average molecular weight is 547 g/mol. The van der Waals surface area contributed by atoms with E-state index in [1.165, 1.54) is 13.8 Å². The lowest BCUT2D eigenvalue weighted by Gasteiger charge is -2.38. The van der Waals surface area contributed by atoms with Gasteiger partial charge in [0, 0.05) is 13.8 Å². The Kier molecular flexibility index (Phi) is 8.05. The molecule has 0 aliphatic carbocycles. The van der Waals surface area contributed by atoms with Gasteiger partial charge in [-0.15, -0.1) is 0 Å². The predicted molar refractivity (Wildman–Crippen MR) is 145 cm³/mol. The highest BCUT2D eigenvalue weighted by atomic mass is 16.8. The minimum Gasteiger partial charge on any atom is -0.457 e. The first-order valence-corrected chi connectivity index (χ1v) is 13.4. The van der Waals surface area contributed by atoms with E-state index < -0.39 is 54.0 Å². The van der Waals surface area contributed by atoms with E-state index in [9.17, 15) is 9.59 Å². The van der Waals surface area contributed by atoms with Crippen LogP contribution in [-0.2, 0) is 43.6 Å². The molecule has 3 aromatic carbocycles. The Labute approximate surface area is 234 Å². The molecule has 2 heterocycles. The topological polar surface area (TPSA) is 89.5 Å². The van der Waals surface area contributed by atoms with Gasteiger partial charge in [-0.05, 0) is 30.5 Å². The molecule has 40 heavy (non-hydrogen) atoms. The molecule has 8 nitrogen and oxygen atoms in total. The lowest BCUT2D eigenvalue weighted by atomic mass is 9.80. The number of carbonyl (C=O) groups is 2. The first-order chi connectivity index (χ1) is 19.2. The number of esters is 2. The van der Waals surface area contributed by atoms with Crippen molar-refractivity contribution >= 4 is 11.9 Å². The van der Waals surface area contributed by atoms with E-state index in [2.05, 4.69) is 0 Å². The van der Waals surface area contributed by atoms with Crippen molar-refractivity contribution in [2.75, 3.05) is 6.61 Å². The van der Waals surface area contributed by atoms with Gasteiger partial charge in [0.1, 0.15) is 11.7 Å². The van der Waals surface area contributed by atoms with Crippen LogP contribution in [0.4, 0.5) is 0 Å². The summed E-state index contributed by atoms with van der Waals surface area (Å²) in [5.41, 5.74) is 1.62. The maximum Gasteiger partial charge on any atom is 0.303 e. The fourth-order valence-electron chi connectivity index (χ4n) is 5.51. The van der Waals surface area contributed by atoms with Crippen LogP contribution in [0.15, 0.2) is 91.0 Å². The third-order valence-electron chi connectivity index (χ3n) is 7.02. The number of hydrogen-bond acceptors (Lipinski definition) is 8. The van der Waals surface area contributed by atoms with Gasteiger partial charge >= 0.3 is 11.9 Å².